The predicted octanol–water partition coefficient (Wildman–Crippen LogP) is 0.274. The van der Waals surface area contributed by atoms with Gasteiger partial charge in [0.1, 0.15) is 5.82 Å². The molecule has 16 heavy (non-hydrogen) atoms. The molecular weight excluding hydrogens is 208 g/mol. The fraction of sp³-hybridized carbons (Fsp3) is 0.700. The summed E-state index contributed by atoms with van der Waals surface area (Å²) in [6.45, 7) is 4.60. The third kappa shape index (κ3) is 2.21. The fourth-order valence-electron chi connectivity index (χ4n) is 1.71. The van der Waals surface area contributed by atoms with Gasteiger partial charge in [-0.2, -0.15) is 0 Å². The van der Waals surface area contributed by atoms with Crippen molar-refractivity contribution in [2.75, 3.05) is 6.61 Å². The Kier molecular flexibility index (Phi) is 3.19. The number of aromatic nitrogens is 3. The summed E-state index contributed by atoms with van der Waals surface area (Å²) in [7, 11) is 0. The Balaban J connectivity index is 1.97. The highest BCUT2D eigenvalue weighted by molar-refractivity contribution is 5.90. The molecule has 1 fully saturated rings. The Morgan fingerprint density at radius 1 is 1.69 bits per heavy atom. The van der Waals surface area contributed by atoms with E-state index < -0.39 is 0 Å². The molecule has 0 spiro atoms. The van der Waals surface area contributed by atoms with Crippen LogP contribution in [0.25, 0.3) is 0 Å². The molecule has 2 atom stereocenters. The fourth-order valence-corrected chi connectivity index (χ4v) is 1.71. The molecule has 6 nitrogen and oxygen atoms in total. The zero-order valence-electron chi connectivity index (χ0n) is 9.49. The van der Waals surface area contributed by atoms with Gasteiger partial charge in [-0.15, -0.1) is 5.10 Å². The maximum absolute atomic E-state index is 11.8. The Morgan fingerprint density at radius 3 is 3.06 bits per heavy atom. The van der Waals surface area contributed by atoms with Crippen molar-refractivity contribution in [2.45, 2.75) is 38.8 Å². The molecule has 1 saturated heterocycles. The molecule has 6 heteroatoms. The Bertz CT molecular complexity index is 377. The Morgan fingerprint density at radius 2 is 2.50 bits per heavy atom. The minimum atomic E-state index is -0.238. The van der Waals surface area contributed by atoms with E-state index >= 15 is 0 Å². The highest BCUT2D eigenvalue weighted by Crippen LogP contribution is 2.12. The summed E-state index contributed by atoms with van der Waals surface area (Å²) in [4.78, 5) is 15.8. The van der Waals surface area contributed by atoms with E-state index in [1.54, 1.807) is 0 Å². The van der Waals surface area contributed by atoms with Gasteiger partial charge in [-0.3, -0.25) is 9.89 Å². The molecule has 0 aromatic carbocycles. The van der Waals surface area contributed by atoms with E-state index in [1.807, 2.05) is 13.8 Å². The molecule has 1 amide bonds. The third-order valence-electron chi connectivity index (χ3n) is 2.76. The second-order valence-electron chi connectivity index (χ2n) is 3.90. The first kappa shape index (κ1) is 11.1. The number of rotatable bonds is 3. The Hall–Kier alpha value is -1.43. The van der Waals surface area contributed by atoms with Gasteiger partial charge < -0.3 is 10.1 Å². The number of aromatic amines is 1. The zero-order chi connectivity index (χ0) is 11.5. The average Bonchev–Trinajstić information content (AvgIpc) is 2.88. The number of hydrogen-bond acceptors (Lipinski definition) is 4. The van der Waals surface area contributed by atoms with Crippen molar-refractivity contribution >= 4 is 5.91 Å². The quantitative estimate of drug-likeness (QED) is 0.772. The summed E-state index contributed by atoms with van der Waals surface area (Å²) in [5.74, 6) is 0.690. The number of nitrogens with zero attached hydrogens (tertiary/aromatic N) is 2. The number of ether oxygens (including phenoxy) is 1. The lowest BCUT2D eigenvalue weighted by Crippen LogP contribution is -2.39. The summed E-state index contributed by atoms with van der Waals surface area (Å²) in [6.07, 6.45) is 1.65. The van der Waals surface area contributed by atoms with Crippen LogP contribution >= 0.6 is 0 Å². The van der Waals surface area contributed by atoms with Gasteiger partial charge in [0, 0.05) is 13.0 Å². The first-order valence-electron chi connectivity index (χ1n) is 5.54. The molecule has 0 saturated carbocycles. The molecule has 0 aliphatic carbocycles. The van der Waals surface area contributed by atoms with Crippen molar-refractivity contribution in [3.05, 3.63) is 11.6 Å². The minimum Gasteiger partial charge on any atom is -0.376 e. The number of hydrogen-bond donors (Lipinski definition) is 2. The van der Waals surface area contributed by atoms with E-state index in [1.165, 1.54) is 0 Å². The molecule has 88 valence electrons. The van der Waals surface area contributed by atoms with Gasteiger partial charge in [0.25, 0.3) is 5.91 Å². The molecule has 2 unspecified atom stereocenters. The zero-order valence-corrected chi connectivity index (χ0v) is 9.49. The van der Waals surface area contributed by atoms with Crippen LogP contribution in [0.4, 0.5) is 0 Å². The molecule has 1 aromatic rings. The van der Waals surface area contributed by atoms with Crippen molar-refractivity contribution in [2.24, 2.45) is 0 Å². The molecule has 2 rings (SSSR count). The van der Waals surface area contributed by atoms with Gasteiger partial charge in [-0.25, -0.2) is 4.98 Å². The topological polar surface area (TPSA) is 79.9 Å². The lowest BCUT2D eigenvalue weighted by atomic mass is 10.1. The standard InChI is InChI=1S/C10H16N4O2/c1-3-8-12-9(14-13-8)10(15)11-7-4-5-16-6(7)2/h6-7H,3-5H2,1-2H3,(H,11,15)(H,12,13,14). The molecule has 1 aliphatic rings. The molecule has 0 radical (unpaired) electrons. The van der Waals surface area contributed by atoms with Gasteiger partial charge in [0.15, 0.2) is 0 Å². The van der Waals surface area contributed by atoms with Gasteiger partial charge >= 0.3 is 0 Å². The van der Waals surface area contributed by atoms with E-state index in [2.05, 4.69) is 20.5 Å². The highest BCUT2D eigenvalue weighted by Gasteiger charge is 2.27. The average molecular weight is 224 g/mol. The van der Waals surface area contributed by atoms with Gasteiger partial charge in [-0.1, -0.05) is 6.92 Å². The van der Waals surface area contributed by atoms with E-state index in [9.17, 15) is 4.79 Å². The van der Waals surface area contributed by atoms with Crippen molar-refractivity contribution < 1.29 is 9.53 Å². The Labute approximate surface area is 93.8 Å². The summed E-state index contributed by atoms with van der Waals surface area (Å²) in [6, 6.07) is 0.0658. The van der Waals surface area contributed by atoms with E-state index in [-0.39, 0.29) is 23.9 Å². The molecular formula is C10H16N4O2. The van der Waals surface area contributed by atoms with E-state index in [0.29, 0.717) is 6.61 Å². The molecule has 2 heterocycles. The van der Waals surface area contributed by atoms with Crippen LogP contribution in [0.2, 0.25) is 0 Å². The smallest absolute Gasteiger partial charge is 0.291 e. The van der Waals surface area contributed by atoms with Crippen molar-refractivity contribution in [3.8, 4) is 0 Å². The second kappa shape index (κ2) is 4.61. The number of H-pyrrole nitrogens is 1. The van der Waals surface area contributed by atoms with Crippen molar-refractivity contribution in [3.63, 3.8) is 0 Å². The van der Waals surface area contributed by atoms with Crippen LogP contribution in [-0.4, -0.2) is 39.8 Å². The van der Waals surface area contributed by atoms with Gasteiger partial charge in [0.2, 0.25) is 5.82 Å². The monoisotopic (exact) mass is 224 g/mol. The first-order valence-corrected chi connectivity index (χ1v) is 5.54. The predicted molar refractivity (Wildman–Crippen MR) is 57.0 cm³/mol. The number of carbonyl (C=O) groups is 1. The molecule has 1 aliphatic heterocycles. The summed E-state index contributed by atoms with van der Waals surface area (Å²) >= 11 is 0. The van der Waals surface area contributed by atoms with Crippen molar-refractivity contribution in [1.82, 2.24) is 20.5 Å². The van der Waals surface area contributed by atoms with Crippen LogP contribution in [0.15, 0.2) is 0 Å². The largest absolute Gasteiger partial charge is 0.376 e. The third-order valence-corrected chi connectivity index (χ3v) is 2.76. The number of amides is 1. The normalized spacial score (nSPS) is 24.6. The number of nitrogens with one attached hydrogen (secondary N) is 2. The highest BCUT2D eigenvalue weighted by atomic mass is 16.5. The van der Waals surface area contributed by atoms with Crippen LogP contribution < -0.4 is 5.32 Å². The minimum absolute atomic E-state index is 0.0635. The van der Waals surface area contributed by atoms with Crippen LogP contribution in [0, 0.1) is 0 Å². The van der Waals surface area contributed by atoms with E-state index in [0.717, 1.165) is 18.7 Å². The first-order chi connectivity index (χ1) is 7.70. The lowest BCUT2D eigenvalue weighted by Gasteiger charge is -2.14. The van der Waals surface area contributed by atoms with Gasteiger partial charge in [-0.05, 0) is 13.3 Å². The number of carbonyl (C=O) groups excluding carboxylic acids is 1. The second-order valence-corrected chi connectivity index (χ2v) is 3.90. The van der Waals surface area contributed by atoms with Crippen LogP contribution in [0.1, 0.15) is 36.7 Å². The van der Waals surface area contributed by atoms with E-state index in [4.69, 9.17) is 4.74 Å². The van der Waals surface area contributed by atoms with Crippen LogP contribution in [-0.2, 0) is 11.2 Å². The summed E-state index contributed by atoms with van der Waals surface area (Å²) in [5, 5.41) is 9.46. The van der Waals surface area contributed by atoms with Crippen molar-refractivity contribution in [1.29, 1.82) is 0 Å². The maximum atomic E-state index is 11.8. The molecule has 2 N–H and O–H groups in total. The lowest BCUT2D eigenvalue weighted by molar-refractivity contribution is 0.0857. The summed E-state index contributed by atoms with van der Waals surface area (Å²) in [5.41, 5.74) is 0. The molecule has 0 bridgehead atoms. The maximum Gasteiger partial charge on any atom is 0.291 e. The SMILES string of the molecule is CCc1nc(C(=O)NC2CCOC2C)n[nH]1. The number of aryl methyl sites for hydroxylation is 1. The molecule has 1 aromatic heterocycles. The van der Waals surface area contributed by atoms with Crippen LogP contribution in [0.3, 0.4) is 0 Å². The van der Waals surface area contributed by atoms with Gasteiger partial charge in [0.05, 0.1) is 12.1 Å². The van der Waals surface area contributed by atoms with Crippen LogP contribution in [0.5, 0.6) is 0 Å². The summed E-state index contributed by atoms with van der Waals surface area (Å²) < 4.78 is 5.37.